The second kappa shape index (κ2) is 10.9. The minimum absolute atomic E-state index is 0.0859. The molecule has 4 aromatic carbocycles. The van der Waals surface area contributed by atoms with Gasteiger partial charge in [0.25, 0.3) is 0 Å². The summed E-state index contributed by atoms with van der Waals surface area (Å²) in [4.78, 5) is 19.2. The van der Waals surface area contributed by atoms with Crippen molar-refractivity contribution < 1.29 is 14.6 Å². The molecule has 1 heterocycles. The molecule has 0 radical (unpaired) electrons. The topological polar surface area (TPSA) is 74.2 Å². The highest BCUT2D eigenvalue weighted by Crippen LogP contribution is 2.43. The molecule has 0 bridgehead atoms. The fraction of sp³-hybridized carbons (Fsp3) is 0.103. The molecule has 1 aliphatic heterocycles. The van der Waals surface area contributed by atoms with Crippen molar-refractivity contribution in [2.75, 3.05) is 23.3 Å². The third kappa shape index (κ3) is 5.56. The van der Waals surface area contributed by atoms with E-state index in [2.05, 4.69) is 10.3 Å². The van der Waals surface area contributed by atoms with E-state index in [4.69, 9.17) is 27.9 Å². The number of anilines is 3. The van der Waals surface area contributed by atoms with Crippen LogP contribution in [0.5, 0.6) is 5.75 Å². The van der Waals surface area contributed by atoms with Crippen LogP contribution in [0, 0.1) is 0 Å². The number of phenolic OH excluding ortho intramolecular Hbond substituents is 1. The molecule has 6 nitrogen and oxygen atoms in total. The Morgan fingerprint density at radius 1 is 0.919 bits per heavy atom. The highest BCUT2D eigenvalue weighted by Gasteiger charge is 2.22. The van der Waals surface area contributed by atoms with Crippen LogP contribution >= 0.6 is 23.2 Å². The number of fused-ring (bicyclic) bond motifs is 1. The molecule has 186 valence electrons. The Balaban J connectivity index is 1.54. The molecule has 37 heavy (non-hydrogen) atoms. The second-order valence-electron chi connectivity index (χ2n) is 8.45. The zero-order valence-corrected chi connectivity index (χ0v) is 21.2. The number of para-hydroxylation sites is 1. The predicted molar refractivity (Wildman–Crippen MR) is 150 cm³/mol. The molecule has 1 amide bonds. The number of hydrogen-bond donors (Lipinski definition) is 2. The van der Waals surface area contributed by atoms with Crippen LogP contribution in [0.15, 0.2) is 89.9 Å². The minimum Gasteiger partial charge on any atom is -0.504 e. The van der Waals surface area contributed by atoms with Crippen LogP contribution in [-0.4, -0.2) is 30.5 Å². The normalized spacial score (nSPS) is 12.5. The number of aromatic hydroxyl groups is 1. The highest BCUT2D eigenvalue weighted by atomic mass is 35.5. The average Bonchev–Trinajstić information content (AvgIpc) is 3.13. The van der Waals surface area contributed by atoms with Crippen LogP contribution in [0.3, 0.4) is 0 Å². The summed E-state index contributed by atoms with van der Waals surface area (Å²) >= 11 is 12.4. The van der Waals surface area contributed by atoms with Gasteiger partial charge >= 0.3 is 6.09 Å². The van der Waals surface area contributed by atoms with Crippen molar-refractivity contribution in [2.45, 2.75) is 6.61 Å². The first-order valence-corrected chi connectivity index (χ1v) is 12.4. The minimum atomic E-state index is -0.684. The summed E-state index contributed by atoms with van der Waals surface area (Å²) in [5, 5.41) is 14.9. The van der Waals surface area contributed by atoms with Gasteiger partial charge in [0.15, 0.2) is 5.75 Å². The Labute approximate surface area is 224 Å². The third-order valence-corrected chi connectivity index (χ3v) is 6.73. The van der Waals surface area contributed by atoms with Crippen molar-refractivity contribution in [1.29, 1.82) is 0 Å². The Kier molecular flexibility index (Phi) is 7.30. The Morgan fingerprint density at radius 2 is 1.70 bits per heavy atom. The van der Waals surface area contributed by atoms with Crippen molar-refractivity contribution >= 4 is 52.6 Å². The van der Waals surface area contributed by atoms with Gasteiger partial charge in [0.05, 0.1) is 33.7 Å². The number of aliphatic imine (C=N–C) groups is 1. The lowest BCUT2D eigenvalue weighted by Crippen LogP contribution is -2.21. The predicted octanol–water partition coefficient (Wildman–Crippen LogP) is 7.69. The number of ether oxygens (including phenoxy) is 1. The van der Waals surface area contributed by atoms with Crippen LogP contribution in [0.25, 0.3) is 11.1 Å². The van der Waals surface area contributed by atoms with E-state index in [-0.39, 0.29) is 18.0 Å². The maximum atomic E-state index is 12.7. The molecule has 0 saturated carbocycles. The molecule has 0 saturated heterocycles. The van der Waals surface area contributed by atoms with Crippen molar-refractivity contribution in [1.82, 2.24) is 0 Å². The van der Waals surface area contributed by atoms with Crippen molar-refractivity contribution in [2.24, 2.45) is 4.99 Å². The van der Waals surface area contributed by atoms with Gasteiger partial charge in [-0.25, -0.2) is 4.79 Å². The van der Waals surface area contributed by atoms with E-state index < -0.39 is 6.09 Å². The quantitative estimate of drug-likeness (QED) is 0.259. The number of halogens is 2. The zero-order valence-electron chi connectivity index (χ0n) is 19.7. The number of amides is 1. The van der Waals surface area contributed by atoms with Crippen LogP contribution in [-0.2, 0) is 11.3 Å². The Bertz CT molecular complexity index is 1470. The molecule has 0 aromatic heterocycles. The van der Waals surface area contributed by atoms with E-state index in [9.17, 15) is 9.90 Å². The maximum Gasteiger partial charge on any atom is 0.412 e. The number of nitrogens with zero attached hydrogens (tertiary/aromatic N) is 2. The second-order valence-corrected chi connectivity index (χ2v) is 9.27. The van der Waals surface area contributed by atoms with E-state index in [0.29, 0.717) is 28.8 Å². The number of rotatable bonds is 5. The van der Waals surface area contributed by atoms with Crippen molar-refractivity contribution in [3.63, 3.8) is 0 Å². The molecule has 5 rings (SSSR count). The lowest BCUT2D eigenvalue weighted by atomic mass is 10.0. The molecule has 0 aliphatic carbocycles. The van der Waals surface area contributed by atoms with Gasteiger partial charge in [-0.2, -0.15) is 0 Å². The van der Waals surface area contributed by atoms with Crippen molar-refractivity contribution in [3.05, 3.63) is 106 Å². The summed E-state index contributed by atoms with van der Waals surface area (Å²) < 4.78 is 5.40. The molecule has 8 heteroatoms. The van der Waals surface area contributed by atoms with Crippen molar-refractivity contribution in [3.8, 4) is 16.9 Å². The summed E-state index contributed by atoms with van der Waals surface area (Å²) in [6, 6.07) is 26.0. The zero-order chi connectivity index (χ0) is 25.8. The standard InChI is InChI=1S/C29H23Cl2N3O3/c30-23-11-10-20(14-24(23)31)22-15-25(33-29(36)37-18-19-6-2-1-3-7-19)28(35)27(16-22)34-13-12-32-17-21-8-4-5-9-26(21)34/h1-11,14-17,35H,12-13,18H2,(H,33,36). The van der Waals surface area contributed by atoms with E-state index in [1.165, 1.54) is 0 Å². The molecule has 0 unspecified atom stereocenters. The largest absolute Gasteiger partial charge is 0.504 e. The molecule has 4 aromatic rings. The first kappa shape index (κ1) is 24.7. The van der Waals surface area contributed by atoms with Gasteiger partial charge in [0, 0.05) is 18.3 Å². The number of nitrogens with one attached hydrogen (secondary N) is 1. The summed E-state index contributed by atoms with van der Waals surface area (Å²) in [6.45, 7) is 1.17. The summed E-state index contributed by atoms with van der Waals surface area (Å²) in [6.07, 6.45) is 1.14. The molecule has 2 N–H and O–H groups in total. The summed E-state index contributed by atoms with van der Waals surface area (Å²) in [5.74, 6) is -0.0859. The summed E-state index contributed by atoms with van der Waals surface area (Å²) in [7, 11) is 0. The summed E-state index contributed by atoms with van der Waals surface area (Å²) in [5.41, 5.74) is 4.90. The number of benzene rings is 4. The lowest BCUT2D eigenvalue weighted by molar-refractivity contribution is 0.155. The smallest absolute Gasteiger partial charge is 0.412 e. The number of carbonyl (C=O) groups is 1. The highest BCUT2D eigenvalue weighted by molar-refractivity contribution is 6.42. The number of carbonyl (C=O) groups excluding carboxylic acids is 1. The number of hydrogen-bond acceptors (Lipinski definition) is 5. The van der Waals surface area contributed by atoms with Gasteiger partial charge in [-0.3, -0.25) is 10.3 Å². The van der Waals surface area contributed by atoms with E-state index >= 15 is 0 Å². The lowest BCUT2D eigenvalue weighted by Gasteiger charge is -2.27. The van der Waals surface area contributed by atoms with Gasteiger partial charge < -0.3 is 14.7 Å². The SMILES string of the molecule is O=C(Nc1cc(-c2ccc(Cl)c(Cl)c2)cc(N2CCN=Cc3ccccc32)c1O)OCc1ccccc1. The van der Waals surface area contributed by atoms with Gasteiger partial charge in [-0.15, -0.1) is 0 Å². The van der Waals surface area contributed by atoms with Gasteiger partial charge in [0.1, 0.15) is 6.61 Å². The van der Waals surface area contributed by atoms with E-state index in [1.54, 1.807) is 18.2 Å². The monoisotopic (exact) mass is 531 g/mol. The number of benzodiazepines with no additional fused rings is 1. The van der Waals surface area contributed by atoms with Crippen LogP contribution < -0.4 is 10.2 Å². The molecular weight excluding hydrogens is 509 g/mol. The molecule has 0 atom stereocenters. The van der Waals surface area contributed by atoms with Crippen LogP contribution in [0.2, 0.25) is 10.0 Å². The fourth-order valence-electron chi connectivity index (χ4n) is 4.17. The maximum absolute atomic E-state index is 12.7. The Hall–Kier alpha value is -4.00. The molecule has 0 spiro atoms. The van der Waals surface area contributed by atoms with E-state index in [0.717, 1.165) is 27.9 Å². The third-order valence-electron chi connectivity index (χ3n) is 5.99. The Morgan fingerprint density at radius 3 is 2.51 bits per heavy atom. The van der Waals surface area contributed by atoms with Crippen LogP contribution in [0.4, 0.5) is 21.9 Å². The van der Waals surface area contributed by atoms with Gasteiger partial charge in [-0.05, 0) is 47.0 Å². The molecule has 0 fully saturated rings. The first-order valence-electron chi connectivity index (χ1n) is 11.7. The van der Waals surface area contributed by atoms with Gasteiger partial charge in [0.2, 0.25) is 0 Å². The first-order chi connectivity index (χ1) is 18.0. The van der Waals surface area contributed by atoms with E-state index in [1.807, 2.05) is 77.8 Å². The average molecular weight is 532 g/mol. The molecule has 1 aliphatic rings. The number of phenols is 1. The fourth-order valence-corrected chi connectivity index (χ4v) is 4.46. The van der Waals surface area contributed by atoms with Gasteiger partial charge in [-0.1, -0.05) is 77.8 Å². The molecular formula is C29H23Cl2N3O3. The van der Waals surface area contributed by atoms with Crippen LogP contribution in [0.1, 0.15) is 11.1 Å².